The van der Waals surface area contributed by atoms with E-state index in [2.05, 4.69) is 9.97 Å². The van der Waals surface area contributed by atoms with Crippen molar-refractivity contribution in [2.75, 3.05) is 6.61 Å². The van der Waals surface area contributed by atoms with E-state index in [0.717, 1.165) is 5.39 Å². The highest BCUT2D eigenvalue weighted by Crippen LogP contribution is 2.24. The summed E-state index contributed by atoms with van der Waals surface area (Å²) in [6.07, 6.45) is 0. The van der Waals surface area contributed by atoms with Gasteiger partial charge in [0.05, 0.1) is 6.61 Å². The second-order valence-corrected chi connectivity index (χ2v) is 3.95. The van der Waals surface area contributed by atoms with Gasteiger partial charge in [-0.05, 0) is 18.4 Å². The standard InChI is InChI=1S/C9H7ClN2O2S/c1-2-14-9(13)7-11-6(10)5-3-4-15-8(5)12-7/h3-4H,2H2,1H3. The van der Waals surface area contributed by atoms with E-state index in [4.69, 9.17) is 16.3 Å². The molecule has 0 aliphatic heterocycles. The Hall–Kier alpha value is -1.20. The van der Waals surface area contributed by atoms with E-state index in [-0.39, 0.29) is 11.0 Å². The lowest BCUT2D eigenvalue weighted by molar-refractivity contribution is 0.0512. The lowest BCUT2D eigenvalue weighted by Crippen LogP contribution is -2.09. The minimum atomic E-state index is -0.547. The summed E-state index contributed by atoms with van der Waals surface area (Å²) in [6, 6.07) is 1.82. The molecule has 0 saturated carbocycles. The predicted octanol–water partition coefficient (Wildman–Crippen LogP) is 2.52. The number of fused-ring (bicyclic) bond motifs is 1. The summed E-state index contributed by atoms with van der Waals surface area (Å²) < 4.78 is 4.79. The van der Waals surface area contributed by atoms with Crippen molar-refractivity contribution < 1.29 is 9.53 Å². The van der Waals surface area contributed by atoms with Crippen molar-refractivity contribution in [1.82, 2.24) is 9.97 Å². The Labute approximate surface area is 94.9 Å². The lowest BCUT2D eigenvalue weighted by Gasteiger charge is -2.00. The lowest BCUT2D eigenvalue weighted by atomic mass is 10.4. The number of esters is 1. The molecule has 2 aromatic heterocycles. The number of thiophene rings is 1. The first-order chi connectivity index (χ1) is 7.22. The Morgan fingerprint density at radius 1 is 1.60 bits per heavy atom. The number of aromatic nitrogens is 2. The van der Waals surface area contributed by atoms with Crippen LogP contribution in [0.2, 0.25) is 5.15 Å². The van der Waals surface area contributed by atoms with Crippen LogP contribution in [0.5, 0.6) is 0 Å². The van der Waals surface area contributed by atoms with E-state index >= 15 is 0 Å². The van der Waals surface area contributed by atoms with E-state index in [1.54, 1.807) is 6.92 Å². The van der Waals surface area contributed by atoms with Crippen LogP contribution in [-0.2, 0) is 4.74 Å². The fourth-order valence-corrected chi connectivity index (χ4v) is 2.16. The molecular weight excluding hydrogens is 236 g/mol. The zero-order valence-electron chi connectivity index (χ0n) is 7.86. The second-order valence-electron chi connectivity index (χ2n) is 2.70. The van der Waals surface area contributed by atoms with Gasteiger partial charge in [0.1, 0.15) is 9.98 Å². The Balaban J connectivity index is 2.49. The van der Waals surface area contributed by atoms with Crippen LogP contribution in [0.3, 0.4) is 0 Å². The van der Waals surface area contributed by atoms with E-state index < -0.39 is 5.97 Å². The molecule has 4 nitrogen and oxygen atoms in total. The second kappa shape index (κ2) is 4.12. The van der Waals surface area contributed by atoms with Crippen molar-refractivity contribution in [1.29, 1.82) is 0 Å². The zero-order chi connectivity index (χ0) is 10.8. The van der Waals surface area contributed by atoms with Crippen LogP contribution in [0.25, 0.3) is 10.2 Å². The highest BCUT2D eigenvalue weighted by atomic mass is 35.5. The molecule has 0 amide bonds. The molecule has 15 heavy (non-hydrogen) atoms. The third-order valence-electron chi connectivity index (χ3n) is 1.74. The number of ether oxygens (including phenoxy) is 1. The van der Waals surface area contributed by atoms with Crippen LogP contribution < -0.4 is 0 Å². The maximum Gasteiger partial charge on any atom is 0.376 e. The number of nitrogens with zero attached hydrogens (tertiary/aromatic N) is 2. The molecular formula is C9H7ClN2O2S. The third-order valence-corrected chi connectivity index (χ3v) is 2.83. The van der Waals surface area contributed by atoms with Crippen molar-refractivity contribution in [3.63, 3.8) is 0 Å². The summed E-state index contributed by atoms with van der Waals surface area (Å²) in [6.45, 7) is 2.02. The largest absolute Gasteiger partial charge is 0.460 e. The van der Waals surface area contributed by atoms with Crippen LogP contribution in [0.4, 0.5) is 0 Å². The molecule has 0 saturated heterocycles. The Morgan fingerprint density at radius 3 is 3.13 bits per heavy atom. The normalized spacial score (nSPS) is 10.5. The van der Waals surface area contributed by atoms with Crippen LogP contribution in [-0.4, -0.2) is 22.5 Å². The van der Waals surface area contributed by atoms with E-state index in [0.29, 0.717) is 11.4 Å². The minimum Gasteiger partial charge on any atom is -0.460 e. The summed E-state index contributed by atoms with van der Waals surface area (Å²) >= 11 is 7.30. The van der Waals surface area contributed by atoms with Crippen LogP contribution in [0, 0.1) is 0 Å². The fraction of sp³-hybridized carbons (Fsp3) is 0.222. The maximum atomic E-state index is 11.4. The molecule has 0 spiro atoms. The van der Waals surface area contributed by atoms with Gasteiger partial charge in [0, 0.05) is 5.39 Å². The highest BCUT2D eigenvalue weighted by Gasteiger charge is 2.14. The van der Waals surface area contributed by atoms with Crippen molar-refractivity contribution in [3.8, 4) is 0 Å². The highest BCUT2D eigenvalue weighted by molar-refractivity contribution is 7.16. The minimum absolute atomic E-state index is 0.0109. The Morgan fingerprint density at radius 2 is 2.40 bits per heavy atom. The molecule has 0 radical (unpaired) electrons. The number of carbonyl (C=O) groups is 1. The molecule has 2 rings (SSSR count). The molecule has 0 unspecified atom stereocenters. The average Bonchev–Trinajstić information content (AvgIpc) is 2.66. The monoisotopic (exact) mass is 242 g/mol. The first-order valence-electron chi connectivity index (χ1n) is 4.30. The van der Waals surface area contributed by atoms with E-state index in [1.807, 2.05) is 11.4 Å². The SMILES string of the molecule is CCOC(=O)c1nc(Cl)c2ccsc2n1. The first-order valence-corrected chi connectivity index (χ1v) is 5.56. The molecule has 0 aliphatic carbocycles. The molecule has 0 atom stereocenters. The molecule has 0 N–H and O–H groups in total. The molecule has 0 aliphatic rings. The fourth-order valence-electron chi connectivity index (χ4n) is 1.11. The van der Waals surface area contributed by atoms with Crippen LogP contribution in [0.15, 0.2) is 11.4 Å². The molecule has 2 aromatic rings. The third kappa shape index (κ3) is 1.93. The summed E-state index contributed by atoms with van der Waals surface area (Å²) in [4.78, 5) is 20.0. The van der Waals surface area contributed by atoms with Crippen molar-refractivity contribution >= 4 is 39.1 Å². The molecule has 0 bridgehead atoms. The quantitative estimate of drug-likeness (QED) is 0.600. The van der Waals surface area contributed by atoms with Gasteiger partial charge < -0.3 is 4.74 Å². The molecule has 78 valence electrons. The van der Waals surface area contributed by atoms with E-state index in [9.17, 15) is 4.79 Å². The Kier molecular flexibility index (Phi) is 2.83. The van der Waals surface area contributed by atoms with Crippen molar-refractivity contribution in [3.05, 3.63) is 22.4 Å². The maximum absolute atomic E-state index is 11.4. The van der Waals surface area contributed by atoms with E-state index in [1.165, 1.54) is 11.3 Å². The summed E-state index contributed by atoms with van der Waals surface area (Å²) in [5.74, 6) is -0.536. The molecule has 2 heterocycles. The zero-order valence-corrected chi connectivity index (χ0v) is 9.43. The number of carbonyl (C=O) groups excluding carboxylic acids is 1. The summed E-state index contributed by atoms with van der Waals surface area (Å²) in [5, 5.41) is 2.89. The Bertz CT molecular complexity index is 512. The summed E-state index contributed by atoms with van der Waals surface area (Å²) in [5.41, 5.74) is 0. The van der Waals surface area contributed by atoms with Gasteiger partial charge >= 0.3 is 5.97 Å². The molecule has 6 heteroatoms. The average molecular weight is 243 g/mol. The van der Waals surface area contributed by atoms with Crippen molar-refractivity contribution in [2.45, 2.75) is 6.92 Å². The van der Waals surface area contributed by atoms with Gasteiger partial charge in [0.15, 0.2) is 0 Å². The van der Waals surface area contributed by atoms with Crippen LogP contribution >= 0.6 is 22.9 Å². The van der Waals surface area contributed by atoms with Crippen molar-refractivity contribution in [2.24, 2.45) is 0 Å². The molecule has 0 fully saturated rings. The predicted molar refractivity (Wildman–Crippen MR) is 58.4 cm³/mol. The van der Waals surface area contributed by atoms with Gasteiger partial charge in [-0.15, -0.1) is 11.3 Å². The van der Waals surface area contributed by atoms with Gasteiger partial charge in [-0.2, -0.15) is 0 Å². The molecule has 0 aromatic carbocycles. The van der Waals surface area contributed by atoms with Crippen LogP contribution in [0.1, 0.15) is 17.5 Å². The van der Waals surface area contributed by atoms with Gasteiger partial charge in [0.25, 0.3) is 0 Å². The smallest absolute Gasteiger partial charge is 0.376 e. The van der Waals surface area contributed by atoms with Gasteiger partial charge in [-0.25, -0.2) is 14.8 Å². The first kappa shape index (κ1) is 10.3. The number of hydrogen-bond acceptors (Lipinski definition) is 5. The topological polar surface area (TPSA) is 52.1 Å². The summed E-state index contributed by atoms with van der Waals surface area (Å²) in [7, 11) is 0. The number of rotatable bonds is 2. The number of hydrogen-bond donors (Lipinski definition) is 0. The number of halogens is 1. The van der Waals surface area contributed by atoms with Gasteiger partial charge in [-0.3, -0.25) is 0 Å². The van der Waals surface area contributed by atoms with Gasteiger partial charge in [0.2, 0.25) is 5.82 Å². The van der Waals surface area contributed by atoms with Gasteiger partial charge in [-0.1, -0.05) is 11.6 Å².